The van der Waals surface area contributed by atoms with Crippen LogP contribution in [0.25, 0.3) is 0 Å². The molecule has 0 radical (unpaired) electrons. The van der Waals surface area contributed by atoms with Gasteiger partial charge in [0.2, 0.25) is 0 Å². The first-order valence-corrected chi connectivity index (χ1v) is 6.47. The molecule has 80 valence electrons. The second-order valence-electron chi connectivity index (χ2n) is 4.60. The molecule has 3 rings (SSSR count). The Morgan fingerprint density at radius 1 is 1.20 bits per heavy atom. The van der Waals surface area contributed by atoms with Gasteiger partial charge in [-0.05, 0) is 25.0 Å². The first-order valence-electron chi connectivity index (χ1n) is 4.99. The van der Waals surface area contributed by atoms with Crippen LogP contribution in [0, 0.1) is 5.41 Å². The molecule has 0 amide bonds. The Kier molecular flexibility index (Phi) is 1.52. The second kappa shape index (κ2) is 2.44. The quantitative estimate of drug-likeness (QED) is 0.832. The second-order valence-corrected chi connectivity index (χ2v) is 6.86. The zero-order valence-electron chi connectivity index (χ0n) is 8.18. The molecule has 3 nitrogen and oxygen atoms in total. The lowest BCUT2D eigenvalue weighted by molar-refractivity contribution is 0.247. The maximum atomic E-state index is 12.2. The minimum atomic E-state index is -3.22. The van der Waals surface area contributed by atoms with Gasteiger partial charge in [-0.1, -0.05) is 18.2 Å². The number of rotatable bonds is 3. The van der Waals surface area contributed by atoms with Crippen LogP contribution >= 0.6 is 0 Å². The van der Waals surface area contributed by atoms with Gasteiger partial charge >= 0.3 is 0 Å². The largest absolute Gasteiger partial charge is 0.396 e. The van der Waals surface area contributed by atoms with E-state index in [1.165, 1.54) is 0 Å². The molecule has 1 N–H and O–H groups in total. The lowest BCUT2D eigenvalue weighted by atomic mass is 10.2. The maximum Gasteiger partial charge on any atom is 0.184 e. The predicted molar refractivity (Wildman–Crippen MR) is 55.1 cm³/mol. The first-order chi connectivity index (χ1) is 7.08. The highest BCUT2D eigenvalue weighted by Gasteiger charge is 2.89. The Labute approximate surface area is 88.7 Å². The van der Waals surface area contributed by atoms with E-state index in [2.05, 4.69) is 0 Å². The smallest absolute Gasteiger partial charge is 0.184 e. The fourth-order valence-corrected chi connectivity index (χ4v) is 5.04. The van der Waals surface area contributed by atoms with Crippen molar-refractivity contribution in [3.63, 3.8) is 0 Å². The summed E-state index contributed by atoms with van der Waals surface area (Å²) in [4.78, 5) is 0.387. The average molecular weight is 224 g/mol. The molecule has 0 unspecified atom stereocenters. The molecule has 2 aliphatic rings. The standard InChI is InChI=1S/C11H12O3S/c12-8-10-6-11(10,7-10)15(13,14)9-4-2-1-3-5-9/h1-5,12H,6-8H2. The molecule has 0 spiro atoms. The fourth-order valence-electron chi connectivity index (χ4n) is 2.51. The van der Waals surface area contributed by atoms with Crippen molar-refractivity contribution in [1.29, 1.82) is 0 Å². The van der Waals surface area contributed by atoms with Gasteiger partial charge in [0.15, 0.2) is 9.84 Å². The molecular weight excluding hydrogens is 212 g/mol. The number of hydrogen-bond acceptors (Lipinski definition) is 3. The molecule has 0 aliphatic heterocycles. The maximum absolute atomic E-state index is 12.2. The Morgan fingerprint density at radius 2 is 1.80 bits per heavy atom. The van der Waals surface area contributed by atoms with E-state index in [4.69, 9.17) is 5.11 Å². The van der Waals surface area contributed by atoms with Crippen LogP contribution in [0.3, 0.4) is 0 Å². The summed E-state index contributed by atoms with van der Waals surface area (Å²) in [6.07, 6.45) is 1.27. The van der Waals surface area contributed by atoms with Crippen LogP contribution in [-0.4, -0.2) is 24.9 Å². The van der Waals surface area contributed by atoms with Crippen LogP contribution < -0.4 is 0 Å². The number of aliphatic hydroxyl groups is 1. The number of aliphatic hydroxyl groups excluding tert-OH is 1. The summed E-state index contributed by atoms with van der Waals surface area (Å²) in [5.74, 6) is 0. The van der Waals surface area contributed by atoms with Crippen LogP contribution in [0.15, 0.2) is 35.2 Å². The SMILES string of the molecule is O=S(=O)(c1ccccc1)C12CC1(CO)C2. The van der Waals surface area contributed by atoms with Crippen LogP contribution in [0.1, 0.15) is 12.8 Å². The average Bonchev–Trinajstić information content (AvgIpc) is 3.05. The van der Waals surface area contributed by atoms with Crippen LogP contribution in [-0.2, 0) is 9.84 Å². The topological polar surface area (TPSA) is 54.4 Å². The predicted octanol–water partition coefficient (Wildman–Crippen LogP) is 0.985. The third-order valence-electron chi connectivity index (χ3n) is 3.83. The summed E-state index contributed by atoms with van der Waals surface area (Å²) in [7, 11) is -3.22. The van der Waals surface area contributed by atoms with Gasteiger partial charge in [0.25, 0.3) is 0 Å². The fraction of sp³-hybridized carbons (Fsp3) is 0.455. The summed E-state index contributed by atoms with van der Waals surface area (Å²) in [5, 5.41) is 9.12. The molecule has 2 fully saturated rings. The molecule has 0 bridgehead atoms. The van der Waals surface area contributed by atoms with Crippen molar-refractivity contribution < 1.29 is 13.5 Å². The van der Waals surface area contributed by atoms with Crippen LogP contribution in [0.2, 0.25) is 0 Å². The molecule has 1 aromatic rings. The van der Waals surface area contributed by atoms with Crippen molar-refractivity contribution in [3.8, 4) is 0 Å². The highest BCUT2D eigenvalue weighted by atomic mass is 32.2. The van der Waals surface area contributed by atoms with Crippen molar-refractivity contribution in [2.24, 2.45) is 5.41 Å². The number of benzene rings is 1. The third-order valence-corrected chi connectivity index (χ3v) is 6.48. The monoisotopic (exact) mass is 224 g/mol. The van der Waals surface area contributed by atoms with Crippen molar-refractivity contribution in [1.82, 2.24) is 0 Å². The molecule has 2 aliphatic carbocycles. The zero-order chi connectivity index (χ0) is 10.7. The lowest BCUT2D eigenvalue weighted by Gasteiger charge is -2.05. The van der Waals surface area contributed by atoms with Gasteiger partial charge in [-0.2, -0.15) is 0 Å². The van der Waals surface area contributed by atoms with E-state index in [9.17, 15) is 8.42 Å². The Hall–Kier alpha value is -0.870. The van der Waals surface area contributed by atoms with Gasteiger partial charge in [0.1, 0.15) is 0 Å². The van der Waals surface area contributed by atoms with Gasteiger partial charge in [-0.25, -0.2) is 8.42 Å². The third kappa shape index (κ3) is 0.916. The highest BCUT2D eigenvalue weighted by molar-refractivity contribution is 7.93. The Morgan fingerprint density at radius 3 is 2.27 bits per heavy atom. The molecule has 4 heteroatoms. The van der Waals surface area contributed by atoms with Crippen molar-refractivity contribution in [3.05, 3.63) is 30.3 Å². The summed E-state index contributed by atoms with van der Waals surface area (Å²) in [6.45, 7) is -0.000929. The summed E-state index contributed by atoms with van der Waals surface area (Å²) in [5.41, 5.74) is -0.290. The van der Waals surface area contributed by atoms with E-state index in [1.807, 2.05) is 0 Å². The first kappa shape index (κ1) is 9.36. The molecule has 0 saturated heterocycles. The van der Waals surface area contributed by atoms with E-state index in [-0.39, 0.29) is 12.0 Å². The van der Waals surface area contributed by atoms with Crippen molar-refractivity contribution in [2.75, 3.05) is 6.61 Å². The Balaban J connectivity index is 2.02. The van der Waals surface area contributed by atoms with Gasteiger partial charge in [0.05, 0.1) is 16.2 Å². The van der Waals surface area contributed by atoms with Gasteiger partial charge < -0.3 is 5.11 Å². The summed E-state index contributed by atoms with van der Waals surface area (Å²) < 4.78 is 23.8. The van der Waals surface area contributed by atoms with Crippen LogP contribution in [0.4, 0.5) is 0 Å². The molecule has 1 aromatic carbocycles. The minimum absolute atomic E-state index is 0.000929. The van der Waals surface area contributed by atoms with E-state index in [0.717, 1.165) is 0 Å². The number of hydrogen-bond donors (Lipinski definition) is 1. The lowest BCUT2D eigenvalue weighted by Crippen LogP contribution is -2.14. The van der Waals surface area contributed by atoms with Gasteiger partial charge in [-0.3, -0.25) is 0 Å². The van der Waals surface area contributed by atoms with E-state index in [1.54, 1.807) is 30.3 Å². The number of fused-ring (bicyclic) bond motifs is 1. The molecular formula is C11H12O3S. The van der Waals surface area contributed by atoms with Crippen molar-refractivity contribution in [2.45, 2.75) is 22.5 Å². The van der Waals surface area contributed by atoms with Crippen LogP contribution in [0.5, 0.6) is 0 Å². The Bertz CT molecular complexity index is 498. The normalized spacial score (nSPS) is 37.1. The van der Waals surface area contributed by atoms with E-state index >= 15 is 0 Å². The molecule has 0 heterocycles. The summed E-state index contributed by atoms with van der Waals surface area (Å²) in [6, 6.07) is 8.52. The highest BCUT2D eigenvalue weighted by Crippen LogP contribution is 2.83. The zero-order valence-corrected chi connectivity index (χ0v) is 9.00. The molecule has 0 atom stereocenters. The van der Waals surface area contributed by atoms with E-state index < -0.39 is 14.6 Å². The van der Waals surface area contributed by atoms with Gasteiger partial charge in [-0.15, -0.1) is 0 Å². The number of sulfone groups is 1. The van der Waals surface area contributed by atoms with E-state index in [0.29, 0.717) is 17.7 Å². The minimum Gasteiger partial charge on any atom is -0.396 e. The molecule has 15 heavy (non-hydrogen) atoms. The summed E-state index contributed by atoms with van der Waals surface area (Å²) >= 11 is 0. The molecule has 2 saturated carbocycles. The van der Waals surface area contributed by atoms with Gasteiger partial charge in [0, 0.05) is 5.41 Å². The van der Waals surface area contributed by atoms with Crippen molar-refractivity contribution >= 4 is 9.84 Å². The molecule has 0 aromatic heterocycles.